The van der Waals surface area contributed by atoms with Gasteiger partial charge in [-0.05, 0) is 39.0 Å². The molecule has 0 radical (unpaired) electrons. The van der Waals surface area contributed by atoms with Gasteiger partial charge in [0.05, 0.1) is 6.21 Å². The first-order valence-electron chi connectivity index (χ1n) is 5.57. The third-order valence-electron chi connectivity index (χ3n) is 2.96. The quantitative estimate of drug-likeness (QED) is 0.478. The van der Waals surface area contributed by atoms with Gasteiger partial charge in [0.15, 0.2) is 0 Å². The number of benzene rings is 1. The van der Waals surface area contributed by atoms with E-state index in [-0.39, 0.29) is 0 Å². The molecule has 88 valence electrons. The fourth-order valence-electron chi connectivity index (χ4n) is 2.07. The summed E-state index contributed by atoms with van der Waals surface area (Å²) in [7, 11) is 0. The van der Waals surface area contributed by atoms with Crippen LogP contribution in [0.4, 0.5) is 0 Å². The molecular weight excluding hydrogens is 212 g/mol. The highest BCUT2D eigenvalue weighted by molar-refractivity contribution is 5.81. The molecule has 2 rings (SSSR count). The molecule has 0 fully saturated rings. The molecule has 2 aromatic rings. The van der Waals surface area contributed by atoms with E-state index in [4.69, 9.17) is 5.21 Å². The summed E-state index contributed by atoms with van der Waals surface area (Å²) in [5.41, 5.74) is 5.51. The first kappa shape index (κ1) is 11.5. The Bertz CT molecular complexity index is 550. The van der Waals surface area contributed by atoms with Crippen molar-refractivity contribution in [3.63, 3.8) is 0 Å². The smallest absolute Gasteiger partial charge is 0.0752 e. The van der Waals surface area contributed by atoms with Crippen molar-refractivity contribution < 1.29 is 5.21 Å². The van der Waals surface area contributed by atoms with E-state index in [1.54, 1.807) is 0 Å². The topological polar surface area (TPSA) is 37.5 Å². The summed E-state index contributed by atoms with van der Waals surface area (Å²) in [6, 6.07) is 10.4. The molecule has 0 saturated heterocycles. The summed E-state index contributed by atoms with van der Waals surface area (Å²) >= 11 is 0. The lowest BCUT2D eigenvalue weighted by atomic mass is 10.2. The Labute approximate surface area is 101 Å². The maximum absolute atomic E-state index is 8.61. The molecule has 0 unspecified atom stereocenters. The van der Waals surface area contributed by atoms with E-state index in [0.29, 0.717) is 0 Å². The molecule has 0 atom stereocenters. The van der Waals surface area contributed by atoms with Crippen molar-refractivity contribution >= 4 is 6.21 Å². The molecule has 1 heterocycles. The zero-order chi connectivity index (χ0) is 12.4. The van der Waals surface area contributed by atoms with Crippen LogP contribution in [0.1, 0.15) is 22.5 Å². The molecule has 3 heteroatoms. The lowest BCUT2D eigenvalue weighted by Crippen LogP contribution is -1.99. The van der Waals surface area contributed by atoms with Crippen LogP contribution in [0.5, 0.6) is 0 Å². The lowest BCUT2D eigenvalue weighted by molar-refractivity contribution is 0.322. The molecule has 0 aliphatic heterocycles. The molecule has 1 aromatic heterocycles. The van der Waals surface area contributed by atoms with Crippen molar-refractivity contribution in [2.24, 2.45) is 5.16 Å². The Balaban J connectivity index is 2.55. The summed E-state index contributed by atoms with van der Waals surface area (Å²) < 4.78 is 2.15. The minimum Gasteiger partial charge on any atom is -0.411 e. The number of hydrogen-bond acceptors (Lipinski definition) is 2. The van der Waals surface area contributed by atoms with Crippen LogP contribution >= 0.6 is 0 Å². The molecule has 3 nitrogen and oxygen atoms in total. The van der Waals surface area contributed by atoms with Gasteiger partial charge < -0.3 is 9.77 Å². The van der Waals surface area contributed by atoms with Gasteiger partial charge in [-0.3, -0.25) is 0 Å². The molecule has 0 saturated carbocycles. The summed E-state index contributed by atoms with van der Waals surface area (Å²) in [6.07, 6.45) is 1.47. The molecule has 17 heavy (non-hydrogen) atoms. The number of rotatable bonds is 2. The van der Waals surface area contributed by atoms with E-state index in [0.717, 1.165) is 22.6 Å². The second-order valence-electron chi connectivity index (χ2n) is 4.24. The first-order chi connectivity index (χ1) is 8.13. The third kappa shape index (κ3) is 2.09. The van der Waals surface area contributed by atoms with Gasteiger partial charge in [0, 0.05) is 22.6 Å². The average molecular weight is 228 g/mol. The van der Waals surface area contributed by atoms with Crippen LogP contribution in [-0.2, 0) is 0 Å². The molecule has 1 aromatic carbocycles. The van der Waals surface area contributed by atoms with Crippen LogP contribution < -0.4 is 0 Å². The van der Waals surface area contributed by atoms with Gasteiger partial charge in [-0.15, -0.1) is 0 Å². The van der Waals surface area contributed by atoms with Gasteiger partial charge in [-0.1, -0.05) is 22.9 Å². The Hall–Kier alpha value is -2.03. The third-order valence-corrected chi connectivity index (χ3v) is 2.96. The average Bonchev–Trinajstić information content (AvgIpc) is 2.57. The number of hydrogen-bond donors (Lipinski definition) is 1. The zero-order valence-corrected chi connectivity index (χ0v) is 10.3. The van der Waals surface area contributed by atoms with E-state index in [1.807, 2.05) is 19.9 Å². The maximum Gasteiger partial charge on any atom is 0.0752 e. The maximum atomic E-state index is 8.61. The van der Waals surface area contributed by atoms with Crippen molar-refractivity contribution in [2.75, 3.05) is 0 Å². The second kappa shape index (κ2) is 4.45. The Morgan fingerprint density at radius 2 is 1.76 bits per heavy atom. The Morgan fingerprint density at radius 1 is 1.12 bits per heavy atom. The zero-order valence-electron chi connectivity index (χ0n) is 10.3. The molecular formula is C14H16N2O. The molecule has 1 N–H and O–H groups in total. The van der Waals surface area contributed by atoms with Crippen LogP contribution in [-0.4, -0.2) is 16.0 Å². The van der Waals surface area contributed by atoms with Crippen molar-refractivity contribution in [2.45, 2.75) is 20.8 Å². The van der Waals surface area contributed by atoms with Gasteiger partial charge in [0.25, 0.3) is 0 Å². The lowest BCUT2D eigenvalue weighted by Gasteiger charge is -2.09. The van der Waals surface area contributed by atoms with Crippen molar-refractivity contribution in [3.8, 4) is 5.69 Å². The SMILES string of the molecule is Cc1ccc(-n2c(C)cc(/C=N\O)c2C)cc1. The van der Waals surface area contributed by atoms with E-state index in [9.17, 15) is 0 Å². The number of nitrogens with zero attached hydrogens (tertiary/aromatic N) is 2. The second-order valence-corrected chi connectivity index (χ2v) is 4.24. The number of aryl methyl sites for hydroxylation is 2. The van der Waals surface area contributed by atoms with E-state index in [2.05, 4.69) is 40.9 Å². The van der Waals surface area contributed by atoms with Crippen LogP contribution in [0.25, 0.3) is 5.69 Å². The summed E-state index contributed by atoms with van der Waals surface area (Å²) in [6.45, 7) is 6.13. The monoisotopic (exact) mass is 228 g/mol. The summed E-state index contributed by atoms with van der Waals surface area (Å²) in [5, 5.41) is 11.7. The number of aromatic nitrogens is 1. The van der Waals surface area contributed by atoms with E-state index < -0.39 is 0 Å². The van der Waals surface area contributed by atoms with Gasteiger partial charge in [-0.25, -0.2) is 0 Å². The predicted molar refractivity (Wildman–Crippen MR) is 69.4 cm³/mol. The molecule has 0 bridgehead atoms. The van der Waals surface area contributed by atoms with Gasteiger partial charge in [0.2, 0.25) is 0 Å². The highest BCUT2D eigenvalue weighted by atomic mass is 16.4. The van der Waals surface area contributed by atoms with Crippen LogP contribution in [0.3, 0.4) is 0 Å². The Morgan fingerprint density at radius 3 is 2.35 bits per heavy atom. The fourth-order valence-corrected chi connectivity index (χ4v) is 2.07. The predicted octanol–water partition coefficient (Wildman–Crippen LogP) is 3.21. The van der Waals surface area contributed by atoms with Gasteiger partial charge in [0.1, 0.15) is 0 Å². The highest BCUT2D eigenvalue weighted by Crippen LogP contribution is 2.19. The first-order valence-corrected chi connectivity index (χ1v) is 5.57. The molecule has 0 aliphatic rings. The van der Waals surface area contributed by atoms with Gasteiger partial charge >= 0.3 is 0 Å². The Kier molecular flexibility index (Phi) is 3.00. The largest absolute Gasteiger partial charge is 0.411 e. The van der Waals surface area contributed by atoms with Crippen LogP contribution in [0, 0.1) is 20.8 Å². The standard InChI is InChI=1S/C14H16N2O/c1-10-4-6-14(7-5-10)16-11(2)8-13(9-15-17)12(16)3/h4-9,17H,1-3H3/b15-9-. The molecule has 0 aliphatic carbocycles. The summed E-state index contributed by atoms with van der Waals surface area (Å²) in [4.78, 5) is 0. The van der Waals surface area contributed by atoms with Crippen molar-refractivity contribution in [1.82, 2.24) is 4.57 Å². The molecule has 0 spiro atoms. The van der Waals surface area contributed by atoms with Gasteiger partial charge in [-0.2, -0.15) is 0 Å². The summed E-state index contributed by atoms with van der Waals surface area (Å²) in [5.74, 6) is 0. The minimum absolute atomic E-state index is 0.936. The van der Waals surface area contributed by atoms with Crippen LogP contribution in [0.2, 0.25) is 0 Å². The fraction of sp³-hybridized carbons (Fsp3) is 0.214. The highest BCUT2D eigenvalue weighted by Gasteiger charge is 2.08. The van der Waals surface area contributed by atoms with E-state index in [1.165, 1.54) is 11.8 Å². The van der Waals surface area contributed by atoms with Crippen molar-refractivity contribution in [1.29, 1.82) is 0 Å². The molecule has 0 amide bonds. The minimum atomic E-state index is 0.936. The van der Waals surface area contributed by atoms with Crippen LogP contribution in [0.15, 0.2) is 35.5 Å². The van der Waals surface area contributed by atoms with Crippen molar-refractivity contribution in [3.05, 3.63) is 52.8 Å². The number of oxime groups is 1. The normalized spacial score (nSPS) is 11.2. The van der Waals surface area contributed by atoms with E-state index >= 15 is 0 Å².